The van der Waals surface area contributed by atoms with Gasteiger partial charge in [0, 0.05) is 47.8 Å². The molecular formula is C43H31BN4O2Pd2. The first-order chi connectivity index (χ1) is 24.3. The van der Waals surface area contributed by atoms with E-state index in [2.05, 4.69) is 72.3 Å². The van der Waals surface area contributed by atoms with Gasteiger partial charge in [0.25, 0.3) is 0 Å². The number of hydrogen-bond donors (Lipinski definition) is 0. The number of fused-ring (bicyclic) bond motifs is 3. The molecule has 0 aliphatic carbocycles. The van der Waals surface area contributed by atoms with Crippen LogP contribution in [-0.4, -0.2) is 26.6 Å². The second-order valence-corrected chi connectivity index (χ2v) is 12.9. The smallest absolute Gasteiger partial charge is 0.503 e. The summed E-state index contributed by atoms with van der Waals surface area (Å²) in [6.07, 6.45) is 7.30. The fourth-order valence-electron chi connectivity index (χ4n) is 6.33. The van der Waals surface area contributed by atoms with Crippen molar-refractivity contribution in [3.63, 3.8) is 0 Å². The number of aromatic nitrogens is 4. The molecule has 0 atom stereocenters. The van der Waals surface area contributed by atoms with E-state index in [0.29, 0.717) is 28.7 Å². The zero-order valence-corrected chi connectivity index (χ0v) is 32.2. The second kappa shape index (κ2) is 15.5. The van der Waals surface area contributed by atoms with Crippen molar-refractivity contribution in [2.45, 2.75) is 34.6 Å². The van der Waals surface area contributed by atoms with Crippen LogP contribution in [0, 0.1) is 58.9 Å². The second-order valence-electron chi connectivity index (χ2n) is 12.9. The molecule has 52 heavy (non-hydrogen) atoms. The van der Waals surface area contributed by atoms with Crippen LogP contribution in [0.2, 0.25) is 0 Å². The third kappa shape index (κ3) is 7.70. The number of pyridine rings is 2. The zero-order chi connectivity index (χ0) is 34.4. The minimum absolute atomic E-state index is 0. The van der Waals surface area contributed by atoms with Crippen LogP contribution in [-0.2, 0) is 40.8 Å². The van der Waals surface area contributed by atoms with Crippen molar-refractivity contribution in [3.05, 3.63) is 150 Å². The van der Waals surface area contributed by atoms with E-state index in [4.69, 9.17) is 19.4 Å². The Balaban J connectivity index is 0.00000232. The summed E-state index contributed by atoms with van der Waals surface area (Å²) in [6, 6.07) is 38.1. The first-order valence-electron chi connectivity index (χ1n) is 16.5. The van der Waals surface area contributed by atoms with Gasteiger partial charge in [0.05, 0.1) is 5.72 Å². The van der Waals surface area contributed by atoms with Crippen LogP contribution in [0.5, 0.6) is 23.0 Å². The maximum atomic E-state index is 6.42. The van der Waals surface area contributed by atoms with E-state index >= 15 is 0 Å². The van der Waals surface area contributed by atoms with Gasteiger partial charge in [-0.2, -0.15) is 34.2 Å². The first-order valence-corrected chi connectivity index (χ1v) is 16.5. The van der Waals surface area contributed by atoms with Crippen LogP contribution in [0.15, 0.2) is 97.6 Å². The van der Waals surface area contributed by atoms with E-state index in [-0.39, 0.29) is 47.6 Å². The molecule has 6 nitrogen and oxygen atoms in total. The molecule has 0 N–H and O–H groups in total. The minimum atomic E-state index is -0.324. The Kier molecular flexibility index (Phi) is 11.0. The minimum Gasteiger partial charge on any atom is -0.503 e. The Bertz CT molecular complexity index is 2270. The van der Waals surface area contributed by atoms with E-state index in [1.807, 2.05) is 94.1 Å². The molecule has 3 aromatic heterocycles. The normalized spacial score (nSPS) is 11.2. The summed E-state index contributed by atoms with van der Waals surface area (Å²) in [7, 11) is 0. The van der Waals surface area contributed by atoms with Gasteiger partial charge >= 0.3 is 40.8 Å². The molecule has 0 spiro atoms. The molecule has 8 rings (SSSR count). The van der Waals surface area contributed by atoms with E-state index in [1.54, 1.807) is 0 Å². The summed E-state index contributed by atoms with van der Waals surface area (Å²) in [4.78, 5) is 18.6. The molecule has 0 radical (unpaired) electrons. The van der Waals surface area contributed by atoms with Crippen LogP contribution >= 0.6 is 0 Å². The average Bonchev–Trinajstić information content (AvgIpc) is 3.41. The molecule has 0 saturated carbocycles. The summed E-state index contributed by atoms with van der Waals surface area (Å²) >= 11 is 0. The third-order valence-corrected chi connectivity index (χ3v) is 8.63. The Hall–Kier alpha value is -4.75. The van der Waals surface area contributed by atoms with Crippen molar-refractivity contribution in [2.24, 2.45) is 0 Å². The van der Waals surface area contributed by atoms with Gasteiger partial charge in [-0.15, -0.1) is 58.7 Å². The molecule has 4 aromatic carbocycles. The fraction of sp³-hybridized carbons (Fsp3) is 0.116. The number of hydrogen-bond acceptors (Lipinski definition) is 6. The molecule has 7 aromatic rings. The van der Waals surface area contributed by atoms with Gasteiger partial charge in [-0.3, -0.25) is 9.97 Å². The topological polar surface area (TPSA) is 70.0 Å². The third-order valence-electron chi connectivity index (χ3n) is 8.63. The van der Waals surface area contributed by atoms with Gasteiger partial charge in [-0.05, 0) is 49.9 Å². The molecule has 9 heteroatoms. The van der Waals surface area contributed by atoms with Gasteiger partial charge in [0.1, 0.15) is 0 Å². The van der Waals surface area contributed by atoms with Gasteiger partial charge in [0.15, 0.2) is 0 Å². The van der Waals surface area contributed by atoms with E-state index in [0.717, 1.165) is 72.4 Å². The summed E-state index contributed by atoms with van der Waals surface area (Å²) in [5, 5.41) is 0. The summed E-state index contributed by atoms with van der Waals surface area (Å²) in [5.41, 5.74) is 13.3. The van der Waals surface area contributed by atoms with Gasteiger partial charge in [0.2, 0.25) is 6.71 Å². The predicted octanol–water partition coefficient (Wildman–Crippen LogP) is 7.42. The largest absolute Gasteiger partial charge is 2.00 e. The quantitative estimate of drug-likeness (QED) is 0.123. The summed E-state index contributed by atoms with van der Waals surface area (Å²) in [5.74, 6) is 2.33. The molecule has 4 heterocycles. The van der Waals surface area contributed by atoms with Crippen LogP contribution in [0.3, 0.4) is 0 Å². The van der Waals surface area contributed by atoms with Crippen LogP contribution < -0.4 is 26.1 Å². The Morgan fingerprint density at radius 3 is 1.37 bits per heavy atom. The van der Waals surface area contributed by atoms with Crippen molar-refractivity contribution < 1.29 is 50.3 Å². The maximum Gasteiger partial charge on any atom is 2.00 e. The van der Waals surface area contributed by atoms with Crippen molar-refractivity contribution in [1.82, 2.24) is 19.9 Å². The van der Waals surface area contributed by atoms with Gasteiger partial charge in [-0.1, -0.05) is 61.4 Å². The van der Waals surface area contributed by atoms with Crippen LogP contribution in [0.25, 0.3) is 33.6 Å². The Morgan fingerprint density at radius 2 is 0.923 bits per heavy atom. The summed E-state index contributed by atoms with van der Waals surface area (Å²) < 4.78 is 12.8. The van der Waals surface area contributed by atoms with Gasteiger partial charge in [-0.25, -0.2) is 0 Å². The number of rotatable bonds is 7. The fourth-order valence-corrected chi connectivity index (χ4v) is 6.33. The number of aryl methyl sites for hydroxylation is 5. The molecule has 0 amide bonds. The van der Waals surface area contributed by atoms with E-state index < -0.39 is 0 Å². The average molecular weight is 859 g/mol. The Labute approximate surface area is 332 Å². The zero-order valence-electron chi connectivity index (χ0n) is 29.1. The number of benzene rings is 4. The molecule has 0 bridgehead atoms. The Morgan fingerprint density at radius 1 is 0.462 bits per heavy atom. The monoisotopic (exact) mass is 858 g/mol. The molecular weight excluding hydrogens is 828 g/mol. The maximum absolute atomic E-state index is 6.42. The number of nitrogens with zero attached hydrogens (tertiary/aromatic N) is 4. The molecule has 258 valence electrons. The molecule has 1 aliphatic rings. The standard InChI is InChI=1S/C43H31BN4O2.2Pd/c1-26-10-12-45-41(18-26)31-14-28(3)16-35(20-31)49-33-6-8-37-38-9-7-34(23-40(38)44(39(37)22-33)43-47-24-30(5)25-48-43)50-36-17-29(4)15-32(21-36)42-19-27(2)11-13-46-42;;/h6-19,24-25H,1-5H3;;/q-4;2*+2. The SMILES string of the molecule is Cc1cnc(B2c3[c-]c(Oc4[c-]c(-c5cc(C)ccn5)cc(C)c4)ccc3-c3ccc(Oc4[c-]c(-c5cc(C)ccn5)cc(C)c4)[c-]c32)nc1.[Pd+2].[Pd+2]. The molecule has 1 aliphatic heterocycles. The van der Waals surface area contributed by atoms with Crippen LogP contribution in [0.1, 0.15) is 27.8 Å². The molecule has 0 fully saturated rings. The van der Waals surface area contributed by atoms with Crippen molar-refractivity contribution in [1.29, 1.82) is 0 Å². The van der Waals surface area contributed by atoms with E-state index in [1.165, 1.54) is 0 Å². The number of ether oxygens (including phenoxy) is 2. The van der Waals surface area contributed by atoms with Crippen LogP contribution in [0.4, 0.5) is 0 Å². The van der Waals surface area contributed by atoms with Crippen molar-refractivity contribution >= 4 is 23.4 Å². The first kappa shape index (κ1) is 37.0. The molecule has 0 saturated heterocycles. The summed E-state index contributed by atoms with van der Waals surface area (Å²) in [6.45, 7) is 9.84. The van der Waals surface area contributed by atoms with Crippen molar-refractivity contribution in [3.8, 4) is 56.6 Å². The van der Waals surface area contributed by atoms with Crippen molar-refractivity contribution in [2.75, 3.05) is 0 Å². The van der Waals surface area contributed by atoms with Gasteiger partial charge < -0.3 is 19.4 Å². The van der Waals surface area contributed by atoms with E-state index in [9.17, 15) is 0 Å². The molecule has 0 unspecified atom stereocenters. The predicted molar refractivity (Wildman–Crippen MR) is 197 cm³/mol.